The van der Waals surface area contributed by atoms with E-state index in [0.717, 1.165) is 35.3 Å². The highest BCUT2D eigenvalue weighted by molar-refractivity contribution is 5.98. The number of benzene rings is 1. The van der Waals surface area contributed by atoms with Crippen molar-refractivity contribution in [2.45, 2.75) is 39.5 Å². The molecule has 2 aromatic rings. The molecule has 1 aromatic carbocycles. The molecule has 0 atom stereocenters. The first-order valence-corrected chi connectivity index (χ1v) is 8.67. The summed E-state index contributed by atoms with van der Waals surface area (Å²) >= 11 is 0. The van der Waals surface area contributed by atoms with Crippen molar-refractivity contribution in [3.05, 3.63) is 47.2 Å². The maximum absolute atomic E-state index is 12.1. The van der Waals surface area contributed by atoms with Crippen molar-refractivity contribution in [1.82, 2.24) is 4.98 Å². The summed E-state index contributed by atoms with van der Waals surface area (Å²) in [6.07, 6.45) is 3.10. The van der Waals surface area contributed by atoms with E-state index < -0.39 is 5.41 Å². The van der Waals surface area contributed by atoms with Gasteiger partial charge in [0.25, 0.3) is 0 Å². The van der Waals surface area contributed by atoms with Gasteiger partial charge in [-0.25, -0.2) is 4.98 Å². The summed E-state index contributed by atoms with van der Waals surface area (Å²) in [6, 6.07) is 9.78. The largest absolute Gasteiger partial charge is 0.340 e. The van der Waals surface area contributed by atoms with Gasteiger partial charge < -0.3 is 10.6 Å². The topological polar surface area (TPSA) is 71.1 Å². The molecule has 0 unspecified atom stereocenters. The standard InChI is InChI=1S/C20H21N3O2/c1-20(2)11-13-10-14(7-8-15(13)22-19(20)25)21-17-9-6-12-4-3-5-16(24)18(12)23-17/h6-10H,3-5,11H2,1-2H3,(H,21,23)(H,22,25). The Hall–Kier alpha value is -2.69. The second-order valence-electron chi connectivity index (χ2n) is 7.49. The number of ketones is 1. The highest BCUT2D eigenvalue weighted by Gasteiger charge is 2.33. The summed E-state index contributed by atoms with van der Waals surface area (Å²) in [6.45, 7) is 3.89. The van der Waals surface area contributed by atoms with Crippen LogP contribution in [0.3, 0.4) is 0 Å². The van der Waals surface area contributed by atoms with Gasteiger partial charge >= 0.3 is 0 Å². The van der Waals surface area contributed by atoms with Crippen molar-refractivity contribution in [3.8, 4) is 0 Å². The molecule has 1 amide bonds. The fourth-order valence-corrected chi connectivity index (χ4v) is 3.49. The smallest absolute Gasteiger partial charge is 0.230 e. The Morgan fingerprint density at radius 3 is 2.76 bits per heavy atom. The number of fused-ring (bicyclic) bond motifs is 2. The van der Waals surface area contributed by atoms with Crippen LogP contribution in [0.25, 0.3) is 0 Å². The van der Waals surface area contributed by atoms with Gasteiger partial charge in [0.15, 0.2) is 5.78 Å². The lowest BCUT2D eigenvalue weighted by atomic mass is 9.81. The van der Waals surface area contributed by atoms with Crippen molar-refractivity contribution in [3.63, 3.8) is 0 Å². The zero-order valence-electron chi connectivity index (χ0n) is 14.5. The van der Waals surface area contributed by atoms with Crippen molar-refractivity contribution >= 4 is 28.9 Å². The normalized spacial score (nSPS) is 18.2. The third kappa shape index (κ3) is 2.90. The number of pyridine rings is 1. The summed E-state index contributed by atoms with van der Waals surface area (Å²) in [7, 11) is 0. The minimum Gasteiger partial charge on any atom is -0.340 e. The second kappa shape index (κ2) is 5.69. The molecule has 2 aliphatic rings. The predicted octanol–water partition coefficient (Wildman–Crippen LogP) is 3.87. The number of nitrogens with one attached hydrogen (secondary N) is 2. The summed E-state index contributed by atoms with van der Waals surface area (Å²) in [4.78, 5) is 28.6. The van der Waals surface area contributed by atoms with Crippen LogP contribution in [0.15, 0.2) is 30.3 Å². The number of carbonyl (C=O) groups is 2. The van der Waals surface area contributed by atoms with E-state index in [4.69, 9.17) is 0 Å². The first-order chi connectivity index (χ1) is 11.9. The molecule has 0 spiro atoms. The fraction of sp³-hybridized carbons (Fsp3) is 0.350. The SMILES string of the molecule is CC1(C)Cc2cc(Nc3ccc4c(n3)C(=O)CCC4)ccc2NC1=O. The fourth-order valence-electron chi connectivity index (χ4n) is 3.49. The molecule has 1 aromatic heterocycles. The molecular formula is C20H21N3O2. The summed E-state index contributed by atoms with van der Waals surface area (Å²) in [5.41, 5.74) is 4.09. The highest BCUT2D eigenvalue weighted by Crippen LogP contribution is 2.35. The second-order valence-corrected chi connectivity index (χ2v) is 7.49. The highest BCUT2D eigenvalue weighted by atomic mass is 16.2. The molecule has 128 valence electrons. The van der Waals surface area contributed by atoms with Gasteiger partial charge in [-0.1, -0.05) is 19.9 Å². The molecule has 2 N–H and O–H groups in total. The minimum atomic E-state index is -0.415. The van der Waals surface area contributed by atoms with E-state index >= 15 is 0 Å². The van der Waals surface area contributed by atoms with E-state index in [1.165, 1.54) is 0 Å². The molecule has 0 saturated carbocycles. The van der Waals surface area contributed by atoms with Gasteiger partial charge in [-0.2, -0.15) is 0 Å². The molecule has 5 nitrogen and oxygen atoms in total. The number of aromatic nitrogens is 1. The van der Waals surface area contributed by atoms with E-state index in [9.17, 15) is 9.59 Å². The monoisotopic (exact) mass is 335 g/mol. The lowest BCUT2D eigenvalue weighted by molar-refractivity contribution is -0.124. The molecule has 0 fully saturated rings. The van der Waals surface area contributed by atoms with Crippen LogP contribution < -0.4 is 10.6 Å². The number of rotatable bonds is 2. The van der Waals surface area contributed by atoms with Crippen LogP contribution in [0.1, 0.15) is 48.3 Å². The number of nitrogens with zero attached hydrogens (tertiary/aromatic N) is 1. The minimum absolute atomic E-state index is 0.0515. The van der Waals surface area contributed by atoms with Gasteiger partial charge in [-0.3, -0.25) is 9.59 Å². The van der Waals surface area contributed by atoms with E-state index in [2.05, 4.69) is 15.6 Å². The van der Waals surface area contributed by atoms with Gasteiger partial charge in [0.1, 0.15) is 11.5 Å². The molecule has 25 heavy (non-hydrogen) atoms. The van der Waals surface area contributed by atoms with Gasteiger partial charge in [0.2, 0.25) is 5.91 Å². The number of hydrogen-bond donors (Lipinski definition) is 2. The van der Waals surface area contributed by atoms with Gasteiger partial charge in [-0.15, -0.1) is 0 Å². The van der Waals surface area contributed by atoms with Crippen LogP contribution in [0.4, 0.5) is 17.2 Å². The third-order valence-electron chi connectivity index (χ3n) is 4.97. The molecule has 1 aliphatic carbocycles. The van der Waals surface area contributed by atoms with Gasteiger partial charge in [0, 0.05) is 23.2 Å². The average molecular weight is 335 g/mol. The van der Waals surface area contributed by atoms with E-state index in [1.54, 1.807) is 0 Å². The first kappa shape index (κ1) is 15.8. The molecule has 0 bridgehead atoms. The number of amides is 1. The van der Waals surface area contributed by atoms with Crippen molar-refractivity contribution in [1.29, 1.82) is 0 Å². The lowest BCUT2D eigenvalue weighted by Gasteiger charge is -2.30. The van der Waals surface area contributed by atoms with Crippen molar-refractivity contribution in [2.24, 2.45) is 5.41 Å². The predicted molar refractivity (Wildman–Crippen MR) is 97.3 cm³/mol. The number of aryl methyl sites for hydroxylation is 1. The van der Waals surface area contributed by atoms with Crippen LogP contribution >= 0.6 is 0 Å². The molecule has 1 aliphatic heterocycles. The quantitative estimate of drug-likeness (QED) is 0.874. The summed E-state index contributed by atoms with van der Waals surface area (Å²) < 4.78 is 0. The Morgan fingerprint density at radius 2 is 1.92 bits per heavy atom. The first-order valence-electron chi connectivity index (χ1n) is 8.67. The number of carbonyl (C=O) groups excluding carboxylic acids is 2. The van der Waals surface area contributed by atoms with E-state index in [-0.39, 0.29) is 11.7 Å². The van der Waals surface area contributed by atoms with Gasteiger partial charge in [0.05, 0.1) is 0 Å². The zero-order valence-corrected chi connectivity index (χ0v) is 14.5. The van der Waals surface area contributed by atoms with E-state index in [0.29, 0.717) is 24.4 Å². The Bertz CT molecular complexity index is 887. The maximum Gasteiger partial charge on any atom is 0.230 e. The Balaban J connectivity index is 1.61. The zero-order chi connectivity index (χ0) is 17.6. The average Bonchev–Trinajstić information content (AvgIpc) is 2.57. The van der Waals surface area contributed by atoms with Crippen LogP contribution in [0, 0.1) is 5.41 Å². The molecule has 2 heterocycles. The van der Waals surface area contributed by atoms with Crippen LogP contribution in [0.2, 0.25) is 0 Å². The lowest BCUT2D eigenvalue weighted by Crippen LogP contribution is -2.37. The Labute approximate surface area is 146 Å². The molecule has 0 radical (unpaired) electrons. The third-order valence-corrected chi connectivity index (χ3v) is 4.97. The van der Waals surface area contributed by atoms with Crippen LogP contribution in [0.5, 0.6) is 0 Å². The molecule has 4 rings (SSSR count). The van der Waals surface area contributed by atoms with E-state index in [1.807, 2.05) is 44.2 Å². The van der Waals surface area contributed by atoms with Crippen molar-refractivity contribution in [2.75, 3.05) is 10.6 Å². The molecule has 0 saturated heterocycles. The number of hydrogen-bond acceptors (Lipinski definition) is 4. The Kier molecular flexibility index (Phi) is 3.60. The maximum atomic E-state index is 12.1. The number of Topliss-reactive ketones (excluding diaryl/α,β-unsaturated/α-hetero) is 1. The van der Waals surface area contributed by atoms with Crippen LogP contribution in [-0.2, 0) is 17.6 Å². The number of anilines is 3. The summed E-state index contributed by atoms with van der Waals surface area (Å²) in [5, 5.41) is 6.25. The molecule has 5 heteroatoms. The van der Waals surface area contributed by atoms with Crippen molar-refractivity contribution < 1.29 is 9.59 Å². The van der Waals surface area contributed by atoms with Crippen LogP contribution in [-0.4, -0.2) is 16.7 Å². The molecular weight excluding hydrogens is 314 g/mol. The summed E-state index contributed by atoms with van der Waals surface area (Å²) in [5.74, 6) is 0.850. The van der Waals surface area contributed by atoms with Gasteiger partial charge in [-0.05, 0) is 54.7 Å². The Morgan fingerprint density at radius 1 is 1.08 bits per heavy atom.